The van der Waals surface area contributed by atoms with Gasteiger partial charge in [-0.2, -0.15) is 0 Å². The third kappa shape index (κ3) is 4.10. The van der Waals surface area contributed by atoms with E-state index in [1.807, 2.05) is 0 Å². The normalized spacial score (nSPS) is 27.2. The Morgan fingerprint density at radius 1 is 1.22 bits per heavy atom. The fraction of sp³-hybridized carbons (Fsp3) is 0.706. The lowest BCUT2D eigenvalue weighted by molar-refractivity contribution is -0.127. The largest absolute Gasteiger partial charge is 0.476 e. The molecule has 6 heteroatoms. The first-order valence-corrected chi connectivity index (χ1v) is 9.47. The van der Waals surface area contributed by atoms with E-state index in [9.17, 15) is 9.59 Å². The number of aromatic carboxylic acids is 1. The number of hydrogen-bond acceptors (Lipinski definition) is 4. The molecule has 1 aromatic rings. The topological polar surface area (TPSA) is 79.3 Å². The lowest BCUT2D eigenvalue weighted by atomic mass is 9.67. The molecule has 0 saturated heterocycles. The highest BCUT2D eigenvalue weighted by atomic mass is 32.1. The van der Waals surface area contributed by atoms with Gasteiger partial charge in [-0.05, 0) is 31.1 Å². The van der Waals surface area contributed by atoms with E-state index in [1.54, 1.807) is 5.38 Å². The van der Waals surface area contributed by atoms with Gasteiger partial charge in [-0.25, -0.2) is 9.78 Å². The highest BCUT2D eigenvalue weighted by Gasteiger charge is 2.34. The number of amides is 1. The Morgan fingerprint density at radius 2 is 2.00 bits per heavy atom. The van der Waals surface area contributed by atoms with Gasteiger partial charge in [0, 0.05) is 24.3 Å². The molecule has 2 saturated carbocycles. The fourth-order valence-electron chi connectivity index (χ4n) is 4.07. The van der Waals surface area contributed by atoms with E-state index in [4.69, 9.17) is 5.11 Å². The van der Waals surface area contributed by atoms with Crippen LogP contribution in [-0.4, -0.2) is 28.5 Å². The van der Waals surface area contributed by atoms with Crippen molar-refractivity contribution < 1.29 is 14.7 Å². The third-order valence-electron chi connectivity index (χ3n) is 5.32. The van der Waals surface area contributed by atoms with E-state index < -0.39 is 5.97 Å². The Labute approximate surface area is 140 Å². The summed E-state index contributed by atoms with van der Waals surface area (Å²) < 4.78 is 0. The number of rotatable bonds is 5. The van der Waals surface area contributed by atoms with Gasteiger partial charge in [0.25, 0.3) is 0 Å². The average Bonchev–Trinajstić information content (AvgIpc) is 3.03. The molecule has 1 amide bonds. The zero-order chi connectivity index (χ0) is 16.2. The van der Waals surface area contributed by atoms with Crippen LogP contribution in [0.3, 0.4) is 0 Å². The molecule has 0 aromatic carbocycles. The zero-order valence-corrected chi connectivity index (χ0v) is 14.1. The fourth-order valence-corrected chi connectivity index (χ4v) is 4.84. The summed E-state index contributed by atoms with van der Waals surface area (Å²) in [6.07, 6.45) is 9.22. The highest BCUT2D eigenvalue weighted by Crippen LogP contribution is 2.42. The van der Waals surface area contributed by atoms with Crippen LogP contribution in [-0.2, 0) is 11.2 Å². The SMILES string of the molecule is O=C(O)c1csc(CCNC(=O)C2CCC3CCCCC3C2)n1. The molecule has 3 unspecified atom stereocenters. The maximum Gasteiger partial charge on any atom is 0.355 e. The second kappa shape index (κ2) is 7.43. The number of nitrogens with one attached hydrogen (secondary N) is 1. The van der Waals surface area contributed by atoms with Crippen molar-refractivity contribution in [2.45, 2.75) is 51.4 Å². The second-order valence-electron chi connectivity index (χ2n) is 6.79. The van der Waals surface area contributed by atoms with Crippen LogP contribution in [0.15, 0.2) is 5.38 Å². The summed E-state index contributed by atoms with van der Waals surface area (Å²) in [7, 11) is 0. The molecule has 1 aromatic heterocycles. The number of carboxylic acid groups (broad SMARTS) is 1. The van der Waals surface area contributed by atoms with Gasteiger partial charge in [-0.3, -0.25) is 4.79 Å². The lowest BCUT2D eigenvalue weighted by Gasteiger charge is -2.38. The maximum atomic E-state index is 12.4. The number of thiazole rings is 1. The molecule has 3 rings (SSSR count). The van der Waals surface area contributed by atoms with Crippen molar-refractivity contribution in [1.82, 2.24) is 10.3 Å². The van der Waals surface area contributed by atoms with Gasteiger partial charge in [0.2, 0.25) is 5.91 Å². The first-order valence-electron chi connectivity index (χ1n) is 8.59. The van der Waals surface area contributed by atoms with Crippen LogP contribution in [0.2, 0.25) is 0 Å². The van der Waals surface area contributed by atoms with E-state index in [0.29, 0.717) is 13.0 Å². The molecule has 0 bridgehead atoms. The van der Waals surface area contributed by atoms with Gasteiger partial charge in [-0.15, -0.1) is 11.3 Å². The summed E-state index contributed by atoms with van der Waals surface area (Å²) in [5, 5.41) is 14.2. The second-order valence-corrected chi connectivity index (χ2v) is 7.73. The lowest BCUT2D eigenvalue weighted by Crippen LogP contribution is -2.38. The van der Waals surface area contributed by atoms with E-state index in [1.165, 1.54) is 43.4 Å². The molecule has 2 fully saturated rings. The molecular weight excluding hydrogens is 312 g/mol. The van der Waals surface area contributed by atoms with Crippen LogP contribution >= 0.6 is 11.3 Å². The van der Waals surface area contributed by atoms with Crippen molar-refractivity contribution in [3.63, 3.8) is 0 Å². The number of carboxylic acids is 1. The van der Waals surface area contributed by atoms with Gasteiger partial charge in [0.15, 0.2) is 5.69 Å². The standard InChI is InChI=1S/C17H24N2O3S/c20-16(13-6-5-11-3-1-2-4-12(11)9-13)18-8-7-15-19-14(10-23-15)17(21)22/h10-13H,1-9H2,(H,18,20)(H,21,22). The van der Waals surface area contributed by atoms with Crippen LogP contribution in [0.1, 0.15) is 60.4 Å². The Kier molecular flexibility index (Phi) is 5.30. The Bertz CT molecular complexity index is 572. The number of fused-ring (bicyclic) bond motifs is 1. The summed E-state index contributed by atoms with van der Waals surface area (Å²) >= 11 is 1.34. The molecule has 2 aliphatic rings. The van der Waals surface area contributed by atoms with Crippen molar-refractivity contribution in [3.8, 4) is 0 Å². The predicted molar refractivity (Wildman–Crippen MR) is 88.6 cm³/mol. The molecule has 5 nitrogen and oxygen atoms in total. The molecule has 2 N–H and O–H groups in total. The van der Waals surface area contributed by atoms with E-state index in [-0.39, 0.29) is 17.5 Å². The van der Waals surface area contributed by atoms with Gasteiger partial charge in [0.1, 0.15) is 0 Å². The Hall–Kier alpha value is -1.43. The van der Waals surface area contributed by atoms with Crippen LogP contribution in [0.4, 0.5) is 0 Å². The molecule has 3 atom stereocenters. The minimum absolute atomic E-state index is 0.0898. The number of nitrogens with zero attached hydrogens (tertiary/aromatic N) is 1. The minimum atomic E-state index is -0.999. The van der Waals surface area contributed by atoms with Crippen molar-refractivity contribution in [3.05, 3.63) is 16.1 Å². The molecular formula is C17H24N2O3S. The average molecular weight is 336 g/mol. The minimum Gasteiger partial charge on any atom is -0.476 e. The maximum absolute atomic E-state index is 12.4. The van der Waals surface area contributed by atoms with Gasteiger partial charge >= 0.3 is 5.97 Å². The zero-order valence-electron chi connectivity index (χ0n) is 13.3. The van der Waals surface area contributed by atoms with Crippen LogP contribution < -0.4 is 5.32 Å². The summed E-state index contributed by atoms with van der Waals surface area (Å²) in [5.74, 6) is 0.952. The molecule has 1 heterocycles. The van der Waals surface area contributed by atoms with E-state index in [2.05, 4.69) is 10.3 Å². The molecule has 0 spiro atoms. The molecule has 23 heavy (non-hydrogen) atoms. The summed E-state index contributed by atoms with van der Waals surface area (Å²) in [6, 6.07) is 0. The number of carbonyl (C=O) groups excluding carboxylic acids is 1. The van der Waals surface area contributed by atoms with E-state index in [0.717, 1.165) is 29.7 Å². The Morgan fingerprint density at radius 3 is 2.74 bits per heavy atom. The van der Waals surface area contributed by atoms with Gasteiger partial charge in [-0.1, -0.05) is 25.7 Å². The smallest absolute Gasteiger partial charge is 0.355 e. The summed E-state index contributed by atoms with van der Waals surface area (Å²) in [4.78, 5) is 27.2. The molecule has 126 valence electrons. The number of hydrogen-bond donors (Lipinski definition) is 2. The quantitative estimate of drug-likeness (QED) is 0.866. The van der Waals surface area contributed by atoms with Crippen molar-refractivity contribution in [1.29, 1.82) is 0 Å². The van der Waals surface area contributed by atoms with Crippen LogP contribution in [0.25, 0.3) is 0 Å². The van der Waals surface area contributed by atoms with Gasteiger partial charge < -0.3 is 10.4 Å². The predicted octanol–water partition coefficient (Wildman–Crippen LogP) is 3.11. The highest BCUT2D eigenvalue weighted by molar-refractivity contribution is 7.09. The number of carbonyl (C=O) groups is 2. The monoisotopic (exact) mass is 336 g/mol. The first-order chi connectivity index (χ1) is 11.1. The molecule has 2 aliphatic carbocycles. The summed E-state index contributed by atoms with van der Waals surface area (Å²) in [5.41, 5.74) is 0.0898. The van der Waals surface area contributed by atoms with Crippen molar-refractivity contribution in [2.24, 2.45) is 17.8 Å². The third-order valence-corrected chi connectivity index (χ3v) is 6.23. The first kappa shape index (κ1) is 16.4. The van der Waals surface area contributed by atoms with Gasteiger partial charge in [0.05, 0.1) is 5.01 Å². The van der Waals surface area contributed by atoms with Crippen LogP contribution in [0.5, 0.6) is 0 Å². The van der Waals surface area contributed by atoms with Crippen molar-refractivity contribution in [2.75, 3.05) is 6.54 Å². The Balaban J connectivity index is 1.43. The van der Waals surface area contributed by atoms with Crippen molar-refractivity contribution >= 4 is 23.2 Å². The number of aromatic nitrogens is 1. The molecule has 0 radical (unpaired) electrons. The molecule has 0 aliphatic heterocycles. The van der Waals surface area contributed by atoms with Crippen LogP contribution in [0, 0.1) is 17.8 Å². The van der Waals surface area contributed by atoms with E-state index >= 15 is 0 Å². The summed E-state index contributed by atoms with van der Waals surface area (Å²) in [6.45, 7) is 0.538.